The summed E-state index contributed by atoms with van der Waals surface area (Å²) in [4.78, 5) is 9.94. The topological polar surface area (TPSA) is 99.9 Å². The number of nitrogens with zero attached hydrogens (tertiary/aromatic N) is 5. The summed E-state index contributed by atoms with van der Waals surface area (Å²) in [6.07, 6.45) is -2.80. The van der Waals surface area contributed by atoms with Crippen molar-refractivity contribution in [3.63, 3.8) is 0 Å². The molecule has 2 aromatic heterocycles. The van der Waals surface area contributed by atoms with Gasteiger partial charge in [0.2, 0.25) is 11.8 Å². The van der Waals surface area contributed by atoms with Gasteiger partial charge >= 0.3 is 12.0 Å². The van der Waals surface area contributed by atoms with Crippen LogP contribution in [0.2, 0.25) is 0 Å². The van der Waals surface area contributed by atoms with Crippen molar-refractivity contribution in [3.05, 3.63) is 58.1 Å². The van der Waals surface area contributed by atoms with Crippen molar-refractivity contribution in [1.29, 1.82) is 0 Å². The van der Waals surface area contributed by atoms with E-state index in [9.17, 15) is 23.3 Å². The van der Waals surface area contributed by atoms with E-state index in [-0.39, 0.29) is 36.1 Å². The molecule has 0 saturated carbocycles. The predicted octanol–water partition coefficient (Wildman–Crippen LogP) is 3.10. The number of aryl methyl sites for hydroxylation is 2. The van der Waals surface area contributed by atoms with Gasteiger partial charge in [-0.05, 0) is 23.1 Å². The molecule has 0 aliphatic rings. The molecule has 8 nitrogen and oxygen atoms in total. The molecular weight excluding hydrogens is 343 g/mol. The highest BCUT2D eigenvalue weighted by atomic mass is 19.4. The lowest BCUT2D eigenvalue weighted by molar-refractivity contribution is -0.389. The molecule has 2 heterocycles. The summed E-state index contributed by atoms with van der Waals surface area (Å²) in [6, 6.07) is 5.82. The highest BCUT2D eigenvalue weighted by Gasteiger charge is 2.30. The SMILES string of the molecule is O=[N+]([O-])c1ccn(CCc2nnc(-c3cccc(C(F)(F)F)c3)o2)n1. The lowest BCUT2D eigenvalue weighted by Gasteiger charge is -2.06. The summed E-state index contributed by atoms with van der Waals surface area (Å²) in [5.74, 6) is -0.131. The molecule has 0 aliphatic heterocycles. The number of benzene rings is 1. The molecule has 0 spiro atoms. The van der Waals surface area contributed by atoms with E-state index in [0.717, 1.165) is 12.1 Å². The van der Waals surface area contributed by atoms with Crippen LogP contribution in [0.3, 0.4) is 0 Å². The zero-order valence-corrected chi connectivity index (χ0v) is 12.5. The van der Waals surface area contributed by atoms with Crippen LogP contribution in [-0.2, 0) is 19.1 Å². The van der Waals surface area contributed by atoms with Gasteiger partial charge in [0.25, 0.3) is 0 Å². The molecule has 1 aromatic carbocycles. The van der Waals surface area contributed by atoms with E-state index in [1.165, 1.54) is 29.1 Å². The maximum absolute atomic E-state index is 12.7. The molecule has 0 aliphatic carbocycles. The molecular formula is C14H10F3N5O3. The molecule has 0 unspecified atom stereocenters. The second-order valence-electron chi connectivity index (χ2n) is 5.02. The third-order valence-electron chi connectivity index (χ3n) is 3.27. The maximum atomic E-state index is 12.7. The first-order chi connectivity index (χ1) is 11.8. The fourth-order valence-corrected chi connectivity index (χ4v) is 2.08. The smallest absolute Gasteiger partial charge is 0.416 e. The van der Waals surface area contributed by atoms with Gasteiger partial charge in [-0.1, -0.05) is 6.07 Å². The number of nitro groups is 1. The minimum Gasteiger partial charge on any atom is -0.421 e. The standard InChI is InChI=1S/C14H10F3N5O3/c15-14(16,17)10-3-1-2-9(8-10)13-19-18-12(25-13)5-7-21-6-4-11(20-21)22(23)24/h1-4,6,8H,5,7H2. The van der Waals surface area contributed by atoms with Gasteiger partial charge in [-0.3, -0.25) is 0 Å². The predicted molar refractivity (Wildman–Crippen MR) is 77.3 cm³/mol. The fourth-order valence-electron chi connectivity index (χ4n) is 2.08. The minimum atomic E-state index is -4.46. The third kappa shape index (κ3) is 3.82. The first-order valence-corrected chi connectivity index (χ1v) is 7.01. The van der Waals surface area contributed by atoms with Crippen LogP contribution in [0.1, 0.15) is 11.5 Å². The van der Waals surface area contributed by atoms with Gasteiger partial charge in [-0.2, -0.15) is 17.9 Å². The summed E-state index contributed by atoms with van der Waals surface area (Å²) in [5.41, 5.74) is -0.656. The molecule has 130 valence electrons. The van der Waals surface area contributed by atoms with Crippen molar-refractivity contribution in [2.24, 2.45) is 0 Å². The second kappa shape index (κ2) is 6.34. The van der Waals surface area contributed by atoms with Gasteiger partial charge in [-0.25, -0.2) is 0 Å². The molecule has 3 aromatic rings. The maximum Gasteiger partial charge on any atom is 0.416 e. The molecule has 0 saturated heterocycles. The first-order valence-electron chi connectivity index (χ1n) is 7.01. The van der Waals surface area contributed by atoms with E-state index >= 15 is 0 Å². The van der Waals surface area contributed by atoms with Crippen LogP contribution in [0.4, 0.5) is 19.0 Å². The Kier molecular flexibility index (Phi) is 4.21. The van der Waals surface area contributed by atoms with Gasteiger partial charge in [-0.15, -0.1) is 10.2 Å². The van der Waals surface area contributed by atoms with Gasteiger partial charge in [0.05, 0.1) is 29.5 Å². The van der Waals surface area contributed by atoms with Crippen LogP contribution < -0.4 is 0 Å². The Morgan fingerprint density at radius 3 is 2.72 bits per heavy atom. The molecule has 0 radical (unpaired) electrons. The summed E-state index contributed by atoms with van der Waals surface area (Å²) in [7, 11) is 0. The Morgan fingerprint density at radius 1 is 1.24 bits per heavy atom. The highest BCUT2D eigenvalue weighted by Crippen LogP contribution is 2.31. The highest BCUT2D eigenvalue weighted by molar-refractivity contribution is 5.54. The number of hydrogen-bond donors (Lipinski definition) is 0. The van der Waals surface area contributed by atoms with Gasteiger partial charge in [0.1, 0.15) is 0 Å². The van der Waals surface area contributed by atoms with Crippen molar-refractivity contribution < 1.29 is 22.5 Å². The molecule has 0 N–H and O–H groups in total. The quantitative estimate of drug-likeness (QED) is 0.516. The lowest BCUT2D eigenvalue weighted by atomic mass is 10.1. The van der Waals surface area contributed by atoms with Crippen molar-refractivity contribution >= 4 is 5.82 Å². The number of aromatic nitrogens is 4. The Balaban J connectivity index is 1.71. The van der Waals surface area contributed by atoms with Crippen LogP contribution in [0.5, 0.6) is 0 Å². The molecule has 0 fully saturated rings. The second-order valence-corrected chi connectivity index (χ2v) is 5.02. The van der Waals surface area contributed by atoms with E-state index in [1.807, 2.05) is 0 Å². The molecule has 0 bridgehead atoms. The van der Waals surface area contributed by atoms with Gasteiger partial charge < -0.3 is 14.5 Å². The summed E-state index contributed by atoms with van der Waals surface area (Å²) in [5, 5.41) is 21.8. The third-order valence-corrected chi connectivity index (χ3v) is 3.27. The summed E-state index contributed by atoms with van der Waals surface area (Å²) < 4.78 is 44.9. The number of hydrogen-bond acceptors (Lipinski definition) is 6. The number of halogens is 3. The van der Waals surface area contributed by atoms with E-state index in [4.69, 9.17) is 4.42 Å². The fraction of sp³-hybridized carbons (Fsp3) is 0.214. The summed E-state index contributed by atoms with van der Waals surface area (Å²) in [6.45, 7) is 0.248. The van der Waals surface area contributed by atoms with Crippen LogP contribution in [0, 0.1) is 10.1 Å². The van der Waals surface area contributed by atoms with Crippen LogP contribution >= 0.6 is 0 Å². The van der Waals surface area contributed by atoms with Gasteiger partial charge in [0, 0.05) is 12.0 Å². The number of alkyl halides is 3. The van der Waals surface area contributed by atoms with Crippen molar-refractivity contribution in [2.75, 3.05) is 0 Å². The van der Waals surface area contributed by atoms with E-state index in [0.29, 0.717) is 0 Å². The monoisotopic (exact) mass is 353 g/mol. The zero-order valence-electron chi connectivity index (χ0n) is 12.5. The zero-order chi connectivity index (χ0) is 18.0. The molecule has 11 heteroatoms. The number of rotatable bonds is 5. The lowest BCUT2D eigenvalue weighted by Crippen LogP contribution is -2.04. The van der Waals surface area contributed by atoms with Crippen molar-refractivity contribution in [1.82, 2.24) is 20.0 Å². The normalized spacial score (nSPS) is 11.6. The Labute approximate surface area is 138 Å². The summed E-state index contributed by atoms with van der Waals surface area (Å²) >= 11 is 0. The Morgan fingerprint density at radius 2 is 2.04 bits per heavy atom. The van der Waals surface area contributed by atoms with Gasteiger partial charge in [0.15, 0.2) is 0 Å². The Hall–Kier alpha value is -3.24. The van der Waals surface area contributed by atoms with Crippen molar-refractivity contribution in [2.45, 2.75) is 19.1 Å². The van der Waals surface area contributed by atoms with E-state index < -0.39 is 16.7 Å². The average molecular weight is 353 g/mol. The first kappa shape index (κ1) is 16.6. The largest absolute Gasteiger partial charge is 0.421 e. The molecule has 0 atom stereocenters. The van der Waals surface area contributed by atoms with Crippen molar-refractivity contribution in [3.8, 4) is 11.5 Å². The molecule has 0 amide bonds. The van der Waals surface area contributed by atoms with Crippen LogP contribution in [0.25, 0.3) is 11.5 Å². The Bertz CT molecular complexity index is 903. The van der Waals surface area contributed by atoms with E-state index in [1.54, 1.807) is 0 Å². The van der Waals surface area contributed by atoms with Crippen LogP contribution in [0.15, 0.2) is 40.9 Å². The minimum absolute atomic E-state index is 0.0347. The van der Waals surface area contributed by atoms with E-state index in [2.05, 4.69) is 15.3 Å². The molecule has 25 heavy (non-hydrogen) atoms. The molecule has 3 rings (SSSR count). The average Bonchev–Trinajstić information content (AvgIpc) is 3.22. The van der Waals surface area contributed by atoms with Crippen LogP contribution in [-0.4, -0.2) is 24.9 Å².